The van der Waals surface area contributed by atoms with Gasteiger partial charge in [0.2, 0.25) is 0 Å². The van der Waals surface area contributed by atoms with E-state index < -0.39 is 9.84 Å². The Kier molecular flexibility index (Phi) is 3.09. The first kappa shape index (κ1) is 13.6. The molecule has 0 unspecified atom stereocenters. The molecule has 2 aromatic heterocycles. The summed E-state index contributed by atoms with van der Waals surface area (Å²) < 4.78 is 24.6. The molecule has 2 aromatic rings. The van der Waals surface area contributed by atoms with Crippen molar-refractivity contribution in [1.29, 1.82) is 0 Å². The molecular weight excluding hydrogens is 298 g/mol. The number of sulfone groups is 1. The maximum absolute atomic E-state index is 12.4. The standard InChI is InChI=1S/C12H15N3O3S2/c1-8-9-7-10(19-12(9)14(2)13-8)11(16)15-3-5-20(17,18)6-4-15/h7H,3-6H2,1-2H3. The maximum Gasteiger partial charge on any atom is 0.264 e. The maximum atomic E-state index is 12.4. The quantitative estimate of drug-likeness (QED) is 0.781. The minimum atomic E-state index is -2.96. The second-order valence-corrected chi connectivity index (χ2v) is 8.32. The zero-order valence-electron chi connectivity index (χ0n) is 11.3. The lowest BCUT2D eigenvalue weighted by Crippen LogP contribution is -2.43. The molecule has 8 heteroatoms. The van der Waals surface area contributed by atoms with Gasteiger partial charge in [0.15, 0.2) is 9.84 Å². The molecule has 0 spiro atoms. The summed E-state index contributed by atoms with van der Waals surface area (Å²) in [5.41, 5.74) is 0.902. The molecule has 0 N–H and O–H groups in total. The van der Waals surface area contributed by atoms with Crippen LogP contribution in [0.15, 0.2) is 6.07 Å². The van der Waals surface area contributed by atoms with Gasteiger partial charge in [-0.05, 0) is 13.0 Å². The molecule has 1 amide bonds. The highest BCUT2D eigenvalue weighted by Crippen LogP contribution is 2.28. The lowest BCUT2D eigenvalue weighted by molar-refractivity contribution is 0.0775. The van der Waals surface area contributed by atoms with E-state index in [-0.39, 0.29) is 30.5 Å². The molecule has 1 fully saturated rings. The molecule has 1 saturated heterocycles. The number of hydrogen-bond donors (Lipinski definition) is 0. The number of aryl methyl sites for hydroxylation is 2. The number of aromatic nitrogens is 2. The van der Waals surface area contributed by atoms with Crippen LogP contribution in [0.1, 0.15) is 15.4 Å². The van der Waals surface area contributed by atoms with Crippen LogP contribution in [0.2, 0.25) is 0 Å². The Labute approximate surface area is 120 Å². The van der Waals surface area contributed by atoms with E-state index in [0.717, 1.165) is 15.9 Å². The minimum absolute atomic E-state index is 0.0597. The highest BCUT2D eigenvalue weighted by Gasteiger charge is 2.27. The lowest BCUT2D eigenvalue weighted by Gasteiger charge is -2.26. The predicted molar refractivity (Wildman–Crippen MR) is 77.9 cm³/mol. The first-order valence-corrected chi connectivity index (χ1v) is 8.94. The van der Waals surface area contributed by atoms with E-state index in [4.69, 9.17) is 0 Å². The van der Waals surface area contributed by atoms with Crippen LogP contribution < -0.4 is 0 Å². The smallest absolute Gasteiger partial charge is 0.264 e. The third-order valence-corrected chi connectivity index (χ3v) is 6.34. The Morgan fingerprint density at radius 2 is 2.00 bits per heavy atom. The summed E-state index contributed by atoms with van der Waals surface area (Å²) in [5.74, 6) is 0.0366. The normalized spacial score (nSPS) is 18.6. The van der Waals surface area contributed by atoms with Crippen molar-refractivity contribution in [1.82, 2.24) is 14.7 Å². The SMILES string of the molecule is Cc1nn(C)c2sc(C(=O)N3CCS(=O)(=O)CC3)cc12. The number of thiophene rings is 1. The average molecular weight is 313 g/mol. The van der Waals surface area contributed by atoms with Gasteiger partial charge in [-0.3, -0.25) is 9.48 Å². The molecular formula is C12H15N3O3S2. The Bertz CT molecular complexity index is 740. The van der Waals surface area contributed by atoms with Crippen LogP contribution in [0.5, 0.6) is 0 Å². The van der Waals surface area contributed by atoms with Gasteiger partial charge in [0.25, 0.3) is 5.91 Å². The Morgan fingerprint density at radius 3 is 2.60 bits per heavy atom. The third kappa shape index (κ3) is 2.22. The molecule has 3 heterocycles. The van der Waals surface area contributed by atoms with E-state index in [0.29, 0.717) is 4.88 Å². The van der Waals surface area contributed by atoms with Crippen LogP contribution in [0.3, 0.4) is 0 Å². The van der Waals surface area contributed by atoms with Gasteiger partial charge in [-0.15, -0.1) is 11.3 Å². The molecule has 108 valence electrons. The summed E-state index contributed by atoms with van der Waals surface area (Å²) >= 11 is 1.41. The van der Waals surface area contributed by atoms with Crippen molar-refractivity contribution in [2.75, 3.05) is 24.6 Å². The minimum Gasteiger partial charge on any atom is -0.336 e. The van der Waals surface area contributed by atoms with Crippen LogP contribution in [0, 0.1) is 6.92 Å². The monoisotopic (exact) mass is 313 g/mol. The van der Waals surface area contributed by atoms with Crippen molar-refractivity contribution in [3.63, 3.8) is 0 Å². The molecule has 3 rings (SSSR count). The number of amides is 1. The molecule has 0 bridgehead atoms. The number of carbonyl (C=O) groups excluding carboxylic acids is 1. The third-order valence-electron chi connectivity index (χ3n) is 3.54. The zero-order valence-corrected chi connectivity index (χ0v) is 12.9. The van der Waals surface area contributed by atoms with Crippen molar-refractivity contribution in [3.05, 3.63) is 16.6 Å². The van der Waals surface area contributed by atoms with Gasteiger partial charge in [0.1, 0.15) is 4.83 Å². The van der Waals surface area contributed by atoms with Crippen LogP contribution in [-0.2, 0) is 16.9 Å². The van der Waals surface area contributed by atoms with Gasteiger partial charge in [-0.25, -0.2) is 8.42 Å². The Balaban J connectivity index is 1.88. The van der Waals surface area contributed by atoms with E-state index >= 15 is 0 Å². The van der Waals surface area contributed by atoms with E-state index in [1.807, 2.05) is 20.0 Å². The zero-order chi connectivity index (χ0) is 14.5. The van der Waals surface area contributed by atoms with Crippen molar-refractivity contribution < 1.29 is 13.2 Å². The number of nitrogens with zero attached hydrogens (tertiary/aromatic N) is 3. The van der Waals surface area contributed by atoms with E-state index in [1.165, 1.54) is 11.3 Å². The molecule has 1 aliphatic heterocycles. The Morgan fingerprint density at radius 1 is 1.35 bits per heavy atom. The lowest BCUT2D eigenvalue weighted by atomic mass is 10.3. The van der Waals surface area contributed by atoms with Gasteiger partial charge in [0, 0.05) is 25.5 Å². The van der Waals surface area contributed by atoms with E-state index in [1.54, 1.807) is 9.58 Å². The van der Waals surface area contributed by atoms with Gasteiger partial charge < -0.3 is 4.90 Å². The number of fused-ring (bicyclic) bond motifs is 1. The molecule has 6 nitrogen and oxygen atoms in total. The molecule has 0 radical (unpaired) electrons. The number of hydrogen-bond acceptors (Lipinski definition) is 5. The number of carbonyl (C=O) groups is 1. The summed E-state index contributed by atoms with van der Waals surface area (Å²) in [4.78, 5) is 15.6. The number of rotatable bonds is 1. The van der Waals surface area contributed by atoms with Crippen molar-refractivity contribution >= 4 is 37.3 Å². The molecule has 0 aromatic carbocycles. The van der Waals surface area contributed by atoms with Crippen molar-refractivity contribution in [3.8, 4) is 0 Å². The molecule has 0 atom stereocenters. The highest BCUT2D eigenvalue weighted by atomic mass is 32.2. The highest BCUT2D eigenvalue weighted by molar-refractivity contribution is 7.91. The van der Waals surface area contributed by atoms with Crippen molar-refractivity contribution in [2.45, 2.75) is 6.92 Å². The fourth-order valence-corrected chi connectivity index (χ4v) is 4.67. The van der Waals surface area contributed by atoms with Gasteiger partial charge in [-0.1, -0.05) is 0 Å². The van der Waals surface area contributed by atoms with Crippen LogP contribution in [0.25, 0.3) is 10.2 Å². The summed E-state index contributed by atoms with van der Waals surface area (Å²) in [6.45, 7) is 2.48. The van der Waals surface area contributed by atoms with Crippen LogP contribution in [0.4, 0.5) is 0 Å². The van der Waals surface area contributed by atoms with Gasteiger partial charge >= 0.3 is 0 Å². The summed E-state index contributed by atoms with van der Waals surface area (Å²) in [7, 11) is -1.11. The summed E-state index contributed by atoms with van der Waals surface area (Å²) in [6, 6.07) is 1.85. The second kappa shape index (κ2) is 4.56. The molecule has 0 aliphatic carbocycles. The first-order chi connectivity index (χ1) is 9.37. The van der Waals surface area contributed by atoms with E-state index in [9.17, 15) is 13.2 Å². The molecule has 0 saturated carbocycles. The summed E-state index contributed by atoms with van der Waals surface area (Å²) in [6.07, 6.45) is 0. The topological polar surface area (TPSA) is 72.3 Å². The largest absolute Gasteiger partial charge is 0.336 e. The molecule has 1 aliphatic rings. The average Bonchev–Trinajstić information content (AvgIpc) is 2.92. The van der Waals surface area contributed by atoms with Gasteiger partial charge in [-0.2, -0.15) is 5.10 Å². The fourth-order valence-electron chi connectivity index (χ4n) is 2.38. The van der Waals surface area contributed by atoms with Crippen molar-refractivity contribution in [2.24, 2.45) is 7.05 Å². The molecule has 20 heavy (non-hydrogen) atoms. The van der Waals surface area contributed by atoms with Crippen LogP contribution in [-0.4, -0.2) is 53.6 Å². The van der Waals surface area contributed by atoms with E-state index in [2.05, 4.69) is 5.10 Å². The Hall–Kier alpha value is -1.41. The fraction of sp³-hybridized carbons (Fsp3) is 0.500. The predicted octanol–water partition coefficient (Wildman–Crippen LogP) is 0.814. The van der Waals surface area contributed by atoms with Crippen LogP contribution >= 0.6 is 11.3 Å². The van der Waals surface area contributed by atoms with Gasteiger partial charge in [0.05, 0.1) is 22.1 Å². The first-order valence-electron chi connectivity index (χ1n) is 6.30. The summed E-state index contributed by atoms with van der Waals surface area (Å²) in [5, 5.41) is 5.30. The second-order valence-electron chi connectivity index (χ2n) is 4.98.